The molecular formula is C13H19Li. The first-order chi connectivity index (χ1) is 6.22. The summed E-state index contributed by atoms with van der Waals surface area (Å²) in [7, 11) is 0. The fraction of sp³-hybridized carbons (Fsp3) is 0.462. The van der Waals surface area contributed by atoms with Crippen molar-refractivity contribution in [1.82, 2.24) is 0 Å². The van der Waals surface area contributed by atoms with Crippen molar-refractivity contribution in [1.29, 1.82) is 0 Å². The van der Waals surface area contributed by atoms with Crippen LogP contribution in [0.2, 0.25) is 0 Å². The van der Waals surface area contributed by atoms with Gasteiger partial charge in [-0.3, -0.25) is 0 Å². The van der Waals surface area contributed by atoms with Crippen molar-refractivity contribution in [2.75, 3.05) is 0 Å². The van der Waals surface area contributed by atoms with Crippen molar-refractivity contribution in [3.63, 3.8) is 0 Å². The molecule has 0 aliphatic rings. The fourth-order valence-electron chi connectivity index (χ4n) is 1.30. The van der Waals surface area contributed by atoms with Gasteiger partial charge in [-0.05, 0) is 0 Å². The van der Waals surface area contributed by atoms with Crippen molar-refractivity contribution in [3.05, 3.63) is 41.8 Å². The van der Waals surface area contributed by atoms with E-state index in [1.54, 1.807) is 0 Å². The van der Waals surface area contributed by atoms with E-state index in [2.05, 4.69) is 51.5 Å². The largest absolute Gasteiger partial charge is 1.00 e. The Morgan fingerprint density at radius 3 is 2.64 bits per heavy atom. The first-order valence-corrected chi connectivity index (χ1v) is 5.12. The molecule has 0 heterocycles. The summed E-state index contributed by atoms with van der Waals surface area (Å²) in [6.07, 6.45) is 4.80. The van der Waals surface area contributed by atoms with Crippen LogP contribution in [0.25, 0.3) is 0 Å². The molecule has 0 bridgehead atoms. The van der Waals surface area contributed by atoms with Crippen LogP contribution < -0.4 is 18.9 Å². The van der Waals surface area contributed by atoms with Crippen LogP contribution in [0.4, 0.5) is 0 Å². The molecule has 1 rings (SSSR count). The standard InChI is InChI=1S/C13H19.Li/c1-4-11(2)8-9-13-7-5-6-12(3)10-13;/h5-7,9-11H,4,8H2,1-3H3;/q-1;+1. The van der Waals surface area contributed by atoms with Crippen molar-refractivity contribution in [2.45, 2.75) is 33.6 Å². The molecule has 1 aromatic rings. The summed E-state index contributed by atoms with van der Waals surface area (Å²) >= 11 is 0. The van der Waals surface area contributed by atoms with Crippen LogP contribution in [0.15, 0.2) is 24.3 Å². The molecule has 0 aliphatic heterocycles. The van der Waals surface area contributed by atoms with Gasteiger partial charge in [0.15, 0.2) is 0 Å². The topological polar surface area (TPSA) is 0 Å². The predicted molar refractivity (Wildman–Crippen MR) is 58.7 cm³/mol. The van der Waals surface area contributed by atoms with Gasteiger partial charge in [0.05, 0.1) is 0 Å². The van der Waals surface area contributed by atoms with Gasteiger partial charge in [0.2, 0.25) is 0 Å². The van der Waals surface area contributed by atoms with E-state index in [1.807, 2.05) is 0 Å². The average molecular weight is 182 g/mol. The third-order valence-corrected chi connectivity index (χ3v) is 2.49. The monoisotopic (exact) mass is 182 g/mol. The maximum atomic E-state index is 2.33. The second kappa shape index (κ2) is 7.04. The third-order valence-electron chi connectivity index (χ3n) is 2.49. The number of hydrogen-bond donors (Lipinski definition) is 0. The quantitative estimate of drug-likeness (QED) is 0.481. The molecule has 0 amide bonds. The molecule has 14 heavy (non-hydrogen) atoms. The van der Waals surface area contributed by atoms with Crippen LogP contribution in [-0.2, 0) is 0 Å². The van der Waals surface area contributed by atoms with E-state index in [0.717, 1.165) is 5.92 Å². The summed E-state index contributed by atoms with van der Waals surface area (Å²) in [5, 5.41) is 0. The van der Waals surface area contributed by atoms with E-state index in [1.165, 1.54) is 24.0 Å². The minimum atomic E-state index is 0. The van der Waals surface area contributed by atoms with Crippen LogP contribution in [0.5, 0.6) is 0 Å². The Bertz CT molecular complexity index is 255. The minimum absolute atomic E-state index is 0. The SMILES string of the molecule is CCC(C)C[CH-]c1cccc(C)c1.[Li+]. The van der Waals surface area contributed by atoms with Gasteiger partial charge < -0.3 is 0 Å². The molecule has 72 valence electrons. The second-order valence-corrected chi connectivity index (χ2v) is 3.87. The van der Waals surface area contributed by atoms with Crippen LogP contribution in [-0.4, -0.2) is 0 Å². The van der Waals surface area contributed by atoms with Crippen molar-refractivity contribution in [2.24, 2.45) is 5.92 Å². The molecule has 1 heteroatoms. The maximum Gasteiger partial charge on any atom is 1.00 e. The Labute approximate surface area is 100 Å². The minimum Gasteiger partial charge on any atom is -0.192 e. The third kappa shape index (κ3) is 4.79. The number of benzene rings is 1. The molecule has 0 fully saturated rings. The average Bonchev–Trinajstić information content (AvgIpc) is 2.14. The van der Waals surface area contributed by atoms with Gasteiger partial charge >= 0.3 is 18.9 Å². The summed E-state index contributed by atoms with van der Waals surface area (Å²) in [4.78, 5) is 0. The molecule has 0 aliphatic carbocycles. The molecule has 0 N–H and O–H groups in total. The van der Waals surface area contributed by atoms with E-state index < -0.39 is 0 Å². The van der Waals surface area contributed by atoms with Gasteiger partial charge in [-0.25, -0.2) is 0 Å². The van der Waals surface area contributed by atoms with Gasteiger partial charge in [-0.1, -0.05) is 45.6 Å². The first kappa shape index (κ1) is 13.7. The van der Waals surface area contributed by atoms with E-state index in [0.29, 0.717) is 0 Å². The Morgan fingerprint density at radius 1 is 1.36 bits per heavy atom. The van der Waals surface area contributed by atoms with Crippen LogP contribution >= 0.6 is 0 Å². The molecule has 1 unspecified atom stereocenters. The molecule has 1 aromatic carbocycles. The van der Waals surface area contributed by atoms with E-state index in [4.69, 9.17) is 0 Å². The summed E-state index contributed by atoms with van der Waals surface area (Å²) in [5.41, 5.74) is 2.71. The van der Waals surface area contributed by atoms with Crippen molar-refractivity contribution in [3.8, 4) is 0 Å². The summed E-state index contributed by atoms with van der Waals surface area (Å²) in [5.74, 6) is 0.806. The smallest absolute Gasteiger partial charge is 0.192 e. The predicted octanol–water partition coefficient (Wildman–Crippen LogP) is 0.988. The van der Waals surface area contributed by atoms with Gasteiger partial charge in [-0.15, -0.1) is 11.6 Å². The molecule has 0 spiro atoms. The zero-order valence-corrected chi connectivity index (χ0v) is 9.88. The Morgan fingerprint density at radius 2 is 2.07 bits per heavy atom. The zero-order chi connectivity index (χ0) is 9.68. The number of rotatable bonds is 4. The van der Waals surface area contributed by atoms with Crippen LogP contribution in [0.3, 0.4) is 0 Å². The second-order valence-electron chi connectivity index (χ2n) is 3.87. The number of aryl methyl sites for hydroxylation is 1. The molecule has 0 aromatic heterocycles. The normalized spacial score (nSPS) is 11.6. The Hall–Kier alpha value is -0.313. The maximum absolute atomic E-state index is 2.33. The summed E-state index contributed by atoms with van der Waals surface area (Å²) < 4.78 is 0. The van der Waals surface area contributed by atoms with Crippen LogP contribution in [0, 0.1) is 19.3 Å². The van der Waals surface area contributed by atoms with Crippen LogP contribution in [0.1, 0.15) is 37.8 Å². The molecule has 0 radical (unpaired) electrons. The molecule has 0 saturated carbocycles. The first-order valence-electron chi connectivity index (χ1n) is 5.12. The fourth-order valence-corrected chi connectivity index (χ4v) is 1.30. The van der Waals surface area contributed by atoms with E-state index in [9.17, 15) is 0 Å². The zero-order valence-electron chi connectivity index (χ0n) is 9.88. The summed E-state index contributed by atoms with van der Waals surface area (Å²) in [6.45, 7) is 6.68. The number of hydrogen-bond acceptors (Lipinski definition) is 0. The van der Waals surface area contributed by atoms with E-state index in [-0.39, 0.29) is 18.9 Å². The van der Waals surface area contributed by atoms with Gasteiger partial charge in [-0.2, -0.15) is 24.1 Å². The van der Waals surface area contributed by atoms with Gasteiger partial charge in [0.1, 0.15) is 0 Å². The molecular weight excluding hydrogens is 163 g/mol. The van der Waals surface area contributed by atoms with Crippen molar-refractivity contribution < 1.29 is 18.9 Å². The Balaban J connectivity index is 0.00000169. The molecule has 1 atom stereocenters. The van der Waals surface area contributed by atoms with E-state index >= 15 is 0 Å². The molecule has 0 nitrogen and oxygen atoms in total. The summed E-state index contributed by atoms with van der Waals surface area (Å²) in [6, 6.07) is 8.68. The molecule has 0 saturated heterocycles. The van der Waals surface area contributed by atoms with Crippen molar-refractivity contribution >= 4 is 0 Å². The Kier molecular flexibility index (Phi) is 6.88. The van der Waals surface area contributed by atoms with Gasteiger partial charge in [0.25, 0.3) is 0 Å². The van der Waals surface area contributed by atoms with Gasteiger partial charge in [0, 0.05) is 0 Å².